The molecule has 2 aromatic rings. The van der Waals surface area contributed by atoms with Gasteiger partial charge < -0.3 is 9.73 Å². The molecule has 1 aromatic heterocycles. The van der Waals surface area contributed by atoms with Gasteiger partial charge in [-0.25, -0.2) is 4.98 Å². The number of hydrogen-bond donors (Lipinski definition) is 1. The Labute approximate surface area is 104 Å². The number of nitriles is 1. The fourth-order valence-electron chi connectivity index (χ4n) is 1.47. The van der Waals surface area contributed by atoms with Gasteiger partial charge in [-0.3, -0.25) is 4.79 Å². The van der Waals surface area contributed by atoms with Crippen molar-refractivity contribution in [3.63, 3.8) is 0 Å². The van der Waals surface area contributed by atoms with E-state index >= 15 is 0 Å². The minimum atomic E-state index is -0.261. The molecule has 5 nitrogen and oxygen atoms in total. The van der Waals surface area contributed by atoms with E-state index in [1.165, 1.54) is 6.07 Å². The highest BCUT2D eigenvalue weighted by Crippen LogP contribution is 2.05. The van der Waals surface area contributed by atoms with E-state index in [2.05, 4.69) is 10.3 Å². The lowest BCUT2D eigenvalue weighted by Crippen LogP contribution is -2.22. The van der Waals surface area contributed by atoms with Gasteiger partial charge in [-0.2, -0.15) is 5.26 Å². The van der Waals surface area contributed by atoms with E-state index in [-0.39, 0.29) is 12.5 Å². The summed E-state index contributed by atoms with van der Waals surface area (Å²) in [6, 6.07) is 8.49. The molecule has 1 aromatic carbocycles. The second-order valence-electron chi connectivity index (χ2n) is 3.74. The molecule has 2 rings (SSSR count). The molecule has 0 saturated heterocycles. The van der Waals surface area contributed by atoms with Gasteiger partial charge in [0.2, 0.25) is 5.89 Å². The van der Waals surface area contributed by atoms with E-state index in [0.717, 1.165) is 0 Å². The van der Waals surface area contributed by atoms with Crippen molar-refractivity contribution >= 4 is 5.91 Å². The second-order valence-corrected chi connectivity index (χ2v) is 3.74. The SMILES string of the molecule is Cc1cnc(CNC(=O)c2cccc(C#N)c2)o1. The van der Waals surface area contributed by atoms with Gasteiger partial charge in [-0.05, 0) is 25.1 Å². The first kappa shape index (κ1) is 11.9. The first-order chi connectivity index (χ1) is 8.69. The van der Waals surface area contributed by atoms with Crippen molar-refractivity contribution in [1.29, 1.82) is 5.26 Å². The van der Waals surface area contributed by atoms with Gasteiger partial charge in [0.15, 0.2) is 0 Å². The van der Waals surface area contributed by atoms with Gasteiger partial charge >= 0.3 is 0 Å². The predicted octanol–water partition coefficient (Wildman–Crippen LogP) is 1.78. The Balaban J connectivity index is 2.01. The van der Waals surface area contributed by atoms with Crippen LogP contribution >= 0.6 is 0 Å². The maximum Gasteiger partial charge on any atom is 0.251 e. The van der Waals surface area contributed by atoms with Gasteiger partial charge in [-0.1, -0.05) is 6.07 Å². The van der Waals surface area contributed by atoms with E-state index in [1.54, 1.807) is 31.3 Å². The number of nitrogens with one attached hydrogen (secondary N) is 1. The fraction of sp³-hybridized carbons (Fsp3) is 0.154. The third kappa shape index (κ3) is 2.74. The molecule has 0 aliphatic heterocycles. The summed E-state index contributed by atoms with van der Waals surface area (Å²) in [5.41, 5.74) is 0.895. The smallest absolute Gasteiger partial charge is 0.251 e. The molecule has 0 fully saturated rings. The van der Waals surface area contributed by atoms with Gasteiger partial charge in [0.25, 0.3) is 5.91 Å². The molecule has 1 amide bonds. The normalized spacial score (nSPS) is 9.78. The minimum absolute atomic E-state index is 0.226. The number of oxazole rings is 1. The van der Waals surface area contributed by atoms with Crippen molar-refractivity contribution in [3.8, 4) is 6.07 Å². The van der Waals surface area contributed by atoms with Gasteiger partial charge in [-0.15, -0.1) is 0 Å². The van der Waals surface area contributed by atoms with Crippen molar-refractivity contribution in [2.75, 3.05) is 0 Å². The lowest BCUT2D eigenvalue weighted by Gasteiger charge is -2.02. The lowest BCUT2D eigenvalue weighted by molar-refractivity contribution is 0.0947. The summed E-state index contributed by atoms with van der Waals surface area (Å²) in [6.45, 7) is 2.01. The summed E-state index contributed by atoms with van der Waals surface area (Å²) in [4.78, 5) is 15.8. The van der Waals surface area contributed by atoms with Crippen molar-refractivity contribution in [1.82, 2.24) is 10.3 Å². The average molecular weight is 241 g/mol. The highest BCUT2D eigenvalue weighted by molar-refractivity contribution is 5.94. The molecule has 0 atom stereocenters. The Morgan fingerprint density at radius 2 is 2.39 bits per heavy atom. The quantitative estimate of drug-likeness (QED) is 0.888. The van der Waals surface area contributed by atoms with Crippen molar-refractivity contribution < 1.29 is 9.21 Å². The van der Waals surface area contributed by atoms with Crippen LogP contribution in [0.3, 0.4) is 0 Å². The molecule has 0 saturated carbocycles. The lowest BCUT2D eigenvalue weighted by atomic mass is 10.1. The van der Waals surface area contributed by atoms with E-state index in [1.807, 2.05) is 6.07 Å². The monoisotopic (exact) mass is 241 g/mol. The third-order valence-corrected chi connectivity index (χ3v) is 2.32. The Morgan fingerprint density at radius 3 is 3.06 bits per heavy atom. The average Bonchev–Trinajstić information content (AvgIpc) is 2.82. The Kier molecular flexibility index (Phi) is 3.39. The van der Waals surface area contributed by atoms with E-state index in [4.69, 9.17) is 9.68 Å². The van der Waals surface area contributed by atoms with Crippen LogP contribution in [0.1, 0.15) is 27.6 Å². The largest absolute Gasteiger partial charge is 0.444 e. The molecule has 0 bridgehead atoms. The molecule has 5 heteroatoms. The van der Waals surface area contributed by atoms with Crippen molar-refractivity contribution in [3.05, 3.63) is 53.2 Å². The standard InChI is InChI=1S/C13H11N3O2/c1-9-7-15-12(18-9)8-16-13(17)11-4-2-3-10(5-11)6-14/h2-5,7H,8H2,1H3,(H,16,17). The molecule has 1 heterocycles. The Hall–Kier alpha value is -2.61. The minimum Gasteiger partial charge on any atom is -0.444 e. The van der Waals surface area contributed by atoms with Crippen LogP contribution in [0.5, 0.6) is 0 Å². The predicted molar refractivity (Wildman–Crippen MR) is 63.6 cm³/mol. The zero-order valence-electron chi connectivity index (χ0n) is 9.80. The highest BCUT2D eigenvalue weighted by atomic mass is 16.4. The zero-order chi connectivity index (χ0) is 13.0. The van der Waals surface area contributed by atoms with E-state index < -0.39 is 0 Å². The molecule has 0 unspecified atom stereocenters. The Morgan fingerprint density at radius 1 is 1.56 bits per heavy atom. The van der Waals surface area contributed by atoms with Crippen LogP contribution in [0.25, 0.3) is 0 Å². The number of rotatable bonds is 3. The number of aryl methyl sites for hydroxylation is 1. The van der Waals surface area contributed by atoms with Crippen molar-refractivity contribution in [2.45, 2.75) is 13.5 Å². The summed E-state index contributed by atoms with van der Waals surface area (Å²) in [5.74, 6) is 0.894. The number of nitrogens with zero attached hydrogens (tertiary/aromatic N) is 2. The number of aromatic nitrogens is 1. The molecule has 1 N–H and O–H groups in total. The van der Waals surface area contributed by atoms with Crippen LogP contribution in [-0.2, 0) is 6.54 Å². The van der Waals surface area contributed by atoms with Crippen LogP contribution in [0, 0.1) is 18.3 Å². The van der Waals surface area contributed by atoms with Crippen LogP contribution in [0.2, 0.25) is 0 Å². The second kappa shape index (κ2) is 5.15. The fourth-order valence-corrected chi connectivity index (χ4v) is 1.47. The van der Waals surface area contributed by atoms with Gasteiger partial charge in [0.05, 0.1) is 24.4 Å². The maximum atomic E-state index is 11.8. The van der Waals surface area contributed by atoms with E-state index in [0.29, 0.717) is 22.8 Å². The summed E-state index contributed by atoms with van der Waals surface area (Å²) in [5, 5.41) is 11.4. The number of hydrogen-bond acceptors (Lipinski definition) is 4. The van der Waals surface area contributed by atoms with Crippen LogP contribution in [0.15, 0.2) is 34.9 Å². The first-order valence-electron chi connectivity index (χ1n) is 5.38. The topological polar surface area (TPSA) is 78.9 Å². The van der Waals surface area contributed by atoms with Gasteiger partial charge in [0.1, 0.15) is 5.76 Å². The van der Waals surface area contributed by atoms with Crippen LogP contribution in [-0.4, -0.2) is 10.9 Å². The molecule has 18 heavy (non-hydrogen) atoms. The summed E-state index contributed by atoms with van der Waals surface area (Å²) in [6.07, 6.45) is 1.60. The van der Waals surface area contributed by atoms with E-state index in [9.17, 15) is 4.79 Å². The summed E-state index contributed by atoms with van der Waals surface area (Å²) >= 11 is 0. The van der Waals surface area contributed by atoms with Gasteiger partial charge in [0, 0.05) is 5.56 Å². The first-order valence-corrected chi connectivity index (χ1v) is 5.38. The van der Waals surface area contributed by atoms with Crippen molar-refractivity contribution in [2.24, 2.45) is 0 Å². The molecule has 0 aliphatic carbocycles. The number of benzene rings is 1. The zero-order valence-corrected chi connectivity index (χ0v) is 9.80. The molecule has 0 spiro atoms. The Bertz CT molecular complexity index is 611. The summed E-state index contributed by atoms with van der Waals surface area (Å²) in [7, 11) is 0. The van der Waals surface area contributed by atoms with Crippen LogP contribution < -0.4 is 5.32 Å². The number of carbonyl (C=O) groups excluding carboxylic acids is 1. The highest BCUT2D eigenvalue weighted by Gasteiger charge is 2.07. The maximum absolute atomic E-state index is 11.8. The molecule has 90 valence electrons. The number of carbonyl (C=O) groups is 1. The third-order valence-electron chi connectivity index (χ3n) is 2.32. The number of amides is 1. The molecule has 0 radical (unpaired) electrons. The molecule has 0 aliphatic rings. The van der Waals surface area contributed by atoms with Crippen LogP contribution in [0.4, 0.5) is 0 Å². The molecular formula is C13H11N3O2. The summed E-state index contributed by atoms with van der Waals surface area (Å²) < 4.78 is 5.24. The molecular weight excluding hydrogens is 230 g/mol.